The molecule has 0 bridgehead atoms. The van der Waals surface area contributed by atoms with Crippen LogP contribution in [0.1, 0.15) is 57.8 Å². The van der Waals surface area contributed by atoms with Crippen LogP contribution < -0.4 is 0 Å². The lowest BCUT2D eigenvalue weighted by Crippen LogP contribution is -1.86. The number of hydrogen-bond acceptors (Lipinski definition) is 1. The summed E-state index contributed by atoms with van der Waals surface area (Å²) in [5.74, 6) is 0. The van der Waals surface area contributed by atoms with Crippen LogP contribution in [-0.2, 0) is 4.79 Å². The zero-order valence-corrected chi connectivity index (χ0v) is 12.2. The van der Waals surface area contributed by atoms with Crippen molar-refractivity contribution in [2.24, 2.45) is 0 Å². The first-order valence-corrected chi connectivity index (χ1v) is 7.34. The van der Waals surface area contributed by atoms with Gasteiger partial charge < -0.3 is 0 Å². The fourth-order valence-electron chi connectivity index (χ4n) is 1.65. The van der Waals surface area contributed by atoms with Gasteiger partial charge in [0.05, 0.1) is 0 Å². The third-order valence-electron chi connectivity index (χ3n) is 2.67. The molecule has 0 heterocycles. The van der Waals surface area contributed by atoms with Gasteiger partial charge in [-0.05, 0) is 32.1 Å². The van der Waals surface area contributed by atoms with E-state index in [2.05, 4.69) is 43.5 Å². The molecule has 0 fully saturated rings. The maximum atomic E-state index is 10.6. The summed E-state index contributed by atoms with van der Waals surface area (Å²) in [7, 11) is 0. The predicted molar refractivity (Wildman–Crippen MR) is 84.0 cm³/mol. The Kier molecular flexibility index (Phi) is 13.7. The lowest BCUT2D eigenvalue weighted by Gasteiger charge is -1.98. The van der Waals surface area contributed by atoms with Crippen LogP contribution in [0, 0.1) is 0 Å². The Hall–Kier alpha value is -0.760. The number of rotatable bonds is 12. The fraction of sp³-hybridized carbons (Fsp3) is 0.562. The number of unbranched alkanes of at least 4 members (excludes halogenated alkanes) is 5. The molecule has 18 heavy (non-hydrogen) atoms. The summed E-state index contributed by atoms with van der Waals surface area (Å²) in [6, 6.07) is 0. The number of thiol groups is 1. The number of carbonyl (C=O) groups excluding carboxylic acids is 1. The van der Waals surface area contributed by atoms with Crippen molar-refractivity contribution in [3.05, 3.63) is 37.0 Å². The van der Waals surface area contributed by atoms with E-state index in [0.717, 1.165) is 25.7 Å². The second-order valence-corrected chi connectivity index (χ2v) is 4.90. The van der Waals surface area contributed by atoms with Gasteiger partial charge in [-0.3, -0.25) is 4.79 Å². The molecule has 0 aromatic rings. The van der Waals surface area contributed by atoms with Gasteiger partial charge in [0.15, 0.2) is 5.12 Å². The number of allylic oxidation sites excluding steroid dienone is 5. The normalized spacial score (nSPS) is 11.4. The van der Waals surface area contributed by atoms with E-state index in [9.17, 15) is 4.79 Å². The Labute approximate surface area is 117 Å². The van der Waals surface area contributed by atoms with E-state index in [1.54, 1.807) is 0 Å². The summed E-state index contributed by atoms with van der Waals surface area (Å²) < 4.78 is 0. The van der Waals surface area contributed by atoms with Crippen molar-refractivity contribution in [3.8, 4) is 0 Å². The molecular formula is C16H26OS. The van der Waals surface area contributed by atoms with E-state index in [1.807, 2.05) is 6.08 Å². The summed E-state index contributed by atoms with van der Waals surface area (Å²) in [5.41, 5.74) is 0. The minimum atomic E-state index is 0.0162. The highest BCUT2D eigenvalue weighted by Crippen LogP contribution is 2.08. The Morgan fingerprint density at radius 3 is 2.22 bits per heavy atom. The van der Waals surface area contributed by atoms with Crippen LogP contribution in [0.2, 0.25) is 0 Å². The molecule has 0 amide bonds. The Morgan fingerprint density at radius 2 is 1.50 bits per heavy atom. The van der Waals surface area contributed by atoms with Crippen LogP contribution in [-0.4, -0.2) is 5.12 Å². The zero-order valence-electron chi connectivity index (χ0n) is 11.3. The van der Waals surface area contributed by atoms with E-state index in [0.29, 0.717) is 6.42 Å². The van der Waals surface area contributed by atoms with Gasteiger partial charge in [-0.15, -0.1) is 19.2 Å². The van der Waals surface area contributed by atoms with Crippen LogP contribution in [0.15, 0.2) is 37.0 Å². The van der Waals surface area contributed by atoms with Gasteiger partial charge in [0.25, 0.3) is 0 Å². The van der Waals surface area contributed by atoms with Crippen molar-refractivity contribution in [1.29, 1.82) is 0 Å². The highest BCUT2D eigenvalue weighted by molar-refractivity contribution is 7.96. The molecule has 0 saturated heterocycles. The van der Waals surface area contributed by atoms with E-state index < -0.39 is 0 Å². The molecule has 2 heteroatoms. The number of hydrogen-bond donors (Lipinski definition) is 1. The molecular weight excluding hydrogens is 240 g/mol. The Bertz CT molecular complexity index is 266. The zero-order chi connectivity index (χ0) is 13.5. The first kappa shape index (κ1) is 17.2. The third kappa shape index (κ3) is 15.2. The average Bonchev–Trinajstić information content (AvgIpc) is 2.34. The molecule has 0 aromatic carbocycles. The average molecular weight is 266 g/mol. The first-order valence-electron chi connectivity index (χ1n) is 6.90. The second-order valence-electron chi connectivity index (χ2n) is 4.40. The molecule has 0 aliphatic carbocycles. The van der Waals surface area contributed by atoms with Crippen molar-refractivity contribution in [1.82, 2.24) is 0 Å². The minimum Gasteiger partial charge on any atom is -0.288 e. The highest BCUT2D eigenvalue weighted by Gasteiger charge is 1.94. The van der Waals surface area contributed by atoms with Gasteiger partial charge in [0, 0.05) is 6.42 Å². The lowest BCUT2D eigenvalue weighted by molar-refractivity contribution is -0.110. The first-order chi connectivity index (χ1) is 8.77. The van der Waals surface area contributed by atoms with Crippen molar-refractivity contribution in [3.63, 3.8) is 0 Å². The van der Waals surface area contributed by atoms with Crippen molar-refractivity contribution >= 4 is 17.7 Å². The van der Waals surface area contributed by atoms with Gasteiger partial charge in [-0.2, -0.15) is 0 Å². The summed E-state index contributed by atoms with van der Waals surface area (Å²) in [6.07, 6.45) is 20.4. The van der Waals surface area contributed by atoms with Gasteiger partial charge in [-0.25, -0.2) is 0 Å². The molecule has 0 rings (SSSR count). The lowest BCUT2D eigenvalue weighted by atomic mass is 10.1. The minimum absolute atomic E-state index is 0.0162. The Balaban J connectivity index is 3.17. The summed E-state index contributed by atoms with van der Waals surface area (Å²) >= 11 is 3.75. The highest BCUT2D eigenvalue weighted by atomic mass is 32.1. The molecule has 0 aromatic heterocycles. The summed E-state index contributed by atoms with van der Waals surface area (Å²) in [4.78, 5) is 10.6. The smallest absolute Gasteiger partial charge is 0.185 e. The molecule has 0 atom stereocenters. The molecule has 0 unspecified atom stereocenters. The molecule has 0 saturated carbocycles. The molecule has 0 spiro atoms. The summed E-state index contributed by atoms with van der Waals surface area (Å²) in [6.45, 7) is 3.67. The fourth-order valence-corrected chi connectivity index (χ4v) is 1.81. The molecule has 0 N–H and O–H groups in total. The molecule has 1 nitrogen and oxygen atoms in total. The van der Waals surface area contributed by atoms with Gasteiger partial charge in [0.1, 0.15) is 0 Å². The topological polar surface area (TPSA) is 17.1 Å². The van der Waals surface area contributed by atoms with Crippen LogP contribution >= 0.6 is 12.6 Å². The van der Waals surface area contributed by atoms with E-state index in [-0.39, 0.29) is 5.12 Å². The molecule has 0 radical (unpaired) electrons. The van der Waals surface area contributed by atoms with E-state index in [4.69, 9.17) is 0 Å². The van der Waals surface area contributed by atoms with E-state index >= 15 is 0 Å². The summed E-state index contributed by atoms with van der Waals surface area (Å²) in [5, 5.41) is 0.0162. The second kappa shape index (κ2) is 14.3. The van der Waals surface area contributed by atoms with E-state index in [1.165, 1.54) is 25.7 Å². The molecule has 0 aliphatic heterocycles. The van der Waals surface area contributed by atoms with Crippen molar-refractivity contribution in [2.75, 3.05) is 0 Å². The standard InChI is InChI=1S/C16H26OS/c1-2-3-4-5-6-7-8-9-10-11-12-13-14-15-16(17)18/h2,4-5,7-8H,1,3,6,9-15H2,(H,17,18)/b5-4-,8-7-. The largest absolute Gasteiger partial charge is 0.288 e. The monoisotopic (exact) mass is 266 g/mol. The van der Waals surface area contributed by atoms with Crippen LogP contribution in [0.5, 0.6) is 0 Å². The molecule has 102 valence electrons. The maximum absolute atomic E-state index is 10.6. The number of carbonyl (C=O) groups is 1. The molecule has 0 aliphatic rings. The van der Waals surface area contributed by atoms with Gasteiger partial charge in [-0.1, -0.05) is 49.6 Å². The van der Waals surface area contributed by atoms with Crippen LogP contribution in [0.4, 0.5) is 0 Å². The maximum Gasteiger partial charge on any atom is 0.185 e. The van der Waals surface area contributed by atoms with Crippen LogP contribution in [0.3, 0.4) is 0 Å². The van der Waals surface area contributed by atoms with Crippen LogP contribution in [0.25, 0.3) is 0 Å². The Morgan fingerprint density at radius 1 is 0.889 bits per heavy atom. The van der Waals surface area contributed by atoms with Gasteiger partial charge in [0.2, 0.25) is 0 Å². The van der Waals surface area contributed by atoms with Crippen molar-refractivity contribution < 1.29 is 4.79 Å². The third-order valence-corrected chi connectivity index (χ3v) is 2.89. The quantitative estimate of drug-likeness (QED) is 0.290. The SMILES string of the molecule is C=CC/C=C\C/C=C\CCCCCCCC(=O)S. The van der Waals surface area contributed by atoms with Crippen molar-refractivity contribution in [2.45, 2.75) is 57.8 Å². The predicted octanol–water partition coefficient (Wildman–Crippen LogP) is 5.25. The van der Waals surface area contributed by atoms with Gasteiger partial charge >= 0.3 is 0 Å².